The molecule has 1 fully saturated rings. The van der Waals surface area contributed by atoms with E-state index in [4.69, 9.17) is 0 Å². The van der Waals surface area contributed by atoms with Crippen molar-refractivity contribution in [3.8, 4) is 0 Å². The fourth-order valence-corrected chi connectivity index (χ4v) is 2.30. The topological polar surface area (TPSA) is 102 Å². The normalized spacial score (nSPS) is 18.7. The van der Waals surface area contributed by atoms with Crippen LogP contribution in [-0.2, 0) is 28.7 Å². The summed E-state index contributed by atoms with van der Waals surface area (Å²) in [7, 11) is 2.09. The lowest BCUT2D eigenvalue weighted by Crippen LogP contribution is -2.53. The number of hydrogen-bond acceptors (Lipinski definition) is 6. The molecule has 1 rings (SSSR count). The van der Waals surface area contributed by atoms with Gasteiger partial charge in [-0.1, -0.05) is 0 Å². The molecule has 8 nitrogen and oxygen atoms in total. The van der Waals surface area contributed by atoms with Gasteiger partial charge in [0.15, 0.2) is 0 Å². The van der Waals surface area contributed by atoms with Gasteiger partial charge in [-0.3, -0.25) is 14.4 Å². The second-order valence-corrected chi connectivity index (χ2v) is 5.02. The van der Waals surface area contributed by atoms with E-state index in [2.05, 4.69) is 14.8 Å². The molecule has 1 aliphatic heterocycles. The maximum Gasteiger partial charge on any atom is 0.471 e. The Morgan fingerprint density at radius 3 is 2.33 bits per heavy atom. The Bertz CT molecular complexity index is 522. The van der Waals surface area contributed by atoms with Gasteiger partial charge in [0.1, 0.15) is 12.1 Å². The van der Waals surface area contributed by atoms with Gasteiger partial charge in [-0.2, -0.15) is 13.2 Å². The molecule has 0 aromatic carbocycles. The van der Waals surface area contributed by atoms with Crippen LogP contribution in [0.5, 0.6) is 0 Å². The number of methoxy groups -OCH3 is 2. The van der Waals surface area contributed by atoms with Crippen molar-refractivity contribution in [3.05, 3.63) is 0 Å². The quantitative estimate of drug-likeness (QED) is 0.684. The highest BCUT2D eigenvalue weighted by molar-refractivity contribution is 5.93. The summed E-state index contributed by atoms with van der Waals surface area (Å²) in [4.78, 5) is 46.7. The van der Waals surface area contributed by atoms with Gasteiger partial charge in [0.25, 0.3) is 0 Å². The molecule has 11 heteroatoms. The molecule has 0 aromatic heterocycles. The Labute approximate surface area is 135 Å². The van der Waals surface area contributed by atoms with Crippen LogP contribution in [0.3, 0.4) is 0 Å². The largest absolute Gasteiger partial charge is 0.471 e. The number of alkyl halides is 3. The lowest BCUT2D eigenvalue weighted by atomic mass is 10.1. The Morgan fingerprint density at radius 1 is 1.21 bits per heavy atom. The van der Waals surface area contributed by atoms with Crippen molar-refractivity contribution in [3.63, 3.8) is 0 Å². The molecule has 136 valence electrons. The summed E-state index contributed by atoms with van der Waals surface area (Å²) in [5.74, 6) is -4.87. The number of ether oxygens (including phenoxy) is 2. The smallest absolute Gasteiger partial charge is 0.469 e. The van der Waals surface area contributed by atoms with E-state index in [9.17, 15) is 32.3 Å². The number of rotatable bonds is 5. The first-order chi connectivity index (χ1) is 11.1. The van der Waals surface area contributed by atoms with Crippen LogP contribution in [0.25, 0.3) is 0 Å². The van der Waals surface area contributed by atoms with Gasteiger partial charge in [0.05, 0.1) is 20.6 Å². The summed E-state index contributed by atoms with van der Waals surface area (Å²) in [6.07, 6.45) is -5.43. The Hall–Kier alpha value is -2.33. The Kier molecular flexibility index (Phi) is 6.55. The van der Waals surface area contributed by atoms with Crippen molar-refractivity contribution in [2.24, 2.45) is 0 Å². The van der Waals surface area contributed by atoms with Gasteiger partial charge in [0.2, 0.25) is 5.91 Å². The van der Waals surface area contributed by atoms with Gasteiger partial charge < -0.3 is 19.7 Å². The van der Waals surface area contributed by atoms with Gasteiger partial charge in [-0.15, -0.1) is 0 Å². The first-order valence-electron chi connectivity index (χ1n) is 6.94. The molecule has 2 amide bonds. The summed E-state index contributed by atoms with van der Waals surface area (Å²) in [5.41, 5.74) is 0. The zero-order chi connectivity index (χ0) is 18.5. The van der Waals surface area contributed by atoms with E-state index >= 15 is 0 Å². The van der Waals surface area contributed by atoms with Crippen LogP contribution in [0.2, 0.25) is 0 Å². The van der Waals surface area contributed by atoms with Gasteiger partial charge in [-0.25, -0.2) is 4.79 Å². The van der Waals surface area contributed by atoms with Crippen molar-refractivity contribution in [1.82, 2.24) is 10.2 Å². The third kappa shape index (κ3) is 4.83. The van der Waals surface area contributed by atoms with E-state index < -0.39 is 48.4 Å². The van der Waals surface area contributed by atoms with Gasteiger partial charge in [-0.05, 0) is 12.8 Å². The molecule has 1 heterocycles. The predicted octanol–water partition coefficient (Wildman–Crippen LogP) is -0.239. The molecule has 0 aliphatic carbocycles. The summed E-state index contributed by atoms with van der Waals surface area (Å²) < 4.78 is 46.4. The number of hydrogen-bond donors (Lipinski definition) is 1. The first-order valence-corrected chi connectivity index (χ1v) is 6.94. The number of esters is 2. The van der Waals surface area contributed by atoms with E-state index in [1.807, 2.05) is 0 Å². The van der Waals surface area contributed by atoms with Crippen molar-refractivity contribution in [1.29, 1.82) is 0 Å². The molecular formula is C13H17F3N2O6. The third-order valence-corrected chi connectivity index (χ3v) is 3.46. The fourth-order valence-electron chi connectivity index (χ4n) is 2.30. The monoisotopic (exact) mass is 354 g/mol. The summed E-state index contributed by atoms with van der Waals surface area (Å²) in [5, 5.41) is 2.14. The molecule has 0 unspecified atom stereocenters. The summed E-state index contributed by atoms with van der Waals surface area (Å²) in [6.45, 7) is -0.226. The molecule has 0 spiro atoms. The minimum absolute atomic E-state index is 0.0137. The van der Waals surface area contributed by atoms with Crippen molar-refractivity contribution in [2.75, 3.05) is 20.8 Å². The van der Waals surface area contributed by atoms with Crippen LogP contribution in [0.4, 0.5) is 13.2 Å². The Balaban J connectivity index is 2.84. The Morgan fingerprint density at radius 2 is 1.83 bits per heavy atom. The molecule has 0 radical (unpaired) electrons. The molecular weight excluding hydrogens is 337 g/mol. The predicted molar refractivity (Wildman–Crippen MR) is 71.4 cm³/mol. The fraction of sp³-hybridized carbons (Fsp3) is 0.692. The number of likely N-dealkylation sites (tertiary alicyclic amines) is 1. The maximum atomic E-state index is 12.5. The zero-order valence-electron chi connectivity index (χ0n) is 13.0. The number of nitrogens with zero attached hydrogens (tertiary/aromatic N) is 1. The third-order valence-electron chi connectivity index (χ3n) is 3.46. The first kappa shape index (κ1) is 19.7. The highest BCUT2D eigenvalue weighted by Gasteiger charge is 2.48. The van der Waals surface area contributed by atoms with E-state index in [0.717, 1.165) is 14.2 Å². The van der Waals surface area contributed by atoms with Crippen molar-refractivity contribution in [2.45, 2.75) is 37.5 Å². The number of halogens is 3. The van der Waals surface area contributed by atoms with E-state index in [1.54, 1.807) is 0 Å². The van der Waals surface area contributed by atoms with Gasteiger partial charge >= 0.3 is 24.0 Å². The average molecular weight is 354 g/mol. The number of amides is 2. The van der Waals surface area contributed by atoms with Crippen LogP contribution < -0.4 is 5.32 Å². The highest BCUT2D eigenvalue weighted by Crippen LogP contribution is 2.25. The van der Waals surface area contributed by atoms with Crippen molar-refractivity contribution >= 4 is 23.8 Å². The van der Waals surface area contributed by atoms with Gasteiger partial charge in [0, 0.05) is 6.54 Å². The molecule has 24 heavy (non-hydrogen) atoms. The average Bonchev–Trinajstić information content (AvgIpc) is 3.00. The SMILES string of the molecule is COC(=O)C[C@H](NC(=O)[C@@H]1CCCN1C(=O)C(F)(F)F)C(=O)OC. The second kappa shape index (κ2) is 7.97. The zero-order valence-corrected chi connectivity index (χ0v) is 13.0. The second-order valence-electron chi connectivity index (χ2n) is 5.02. The van der Waals surface area contributed by atoms with E-state index in [1.165, 1.54) is 0 Å². The van der Waals surface area contributed by atoms with Crippen LogP contribution in [0.15, 0.2) is 0 Å². The van der Waals surface area contributed by atoms with Crippen molar-refractivity contribution < 1.29 is 41.8 Å². The van der Waals surface area contributed by atoms with Crippen LogP contribution in [-0.4, -0.2) is 67.7 Å². The highest BCUT2D eigenvalue weighted by atomic mass is 19.4. The van der Waals surface area contributed by atoms with E-state index in [0.29, 0.717) is 4.90 Å². The van der Waals surface area contributed by atoms with Crippen LogP contribution in [0.1, 0.15) is 19.3 Å². The molecule has 0 bridgehead atoms. The van der Waals surface area contributed by atoms with E-state index in [-0.39, 0.29) is 19.4 Å². The lowest BCUT2D eigenvalue weighted by molar-refractivity contribution is -0.186. The summed E-state index contributed by atoms with van der Waals surface area (Å²) >= 11 is 0. The molecule has 1 aliphatic rings. The molecule has 1 N–H and O–H groups in total. The molecule has 2 atom stereocenters. The number of carbonyl (C=O) groups excluding carboxylic acids is 4. The van der Waals surface area contributed by atoms with Crippen LogP contribution in [0, 0.1) is 0 Å². The molecule has 0 aromatic rings. The molecule has 0 saturated carbocycles. The minimum atomic E-state index is -5.10. The number of carbonyl (C=O) groups is 4. The maximum absolute atomic E-state index is 12.5. The summed E-state index contributed by atoms with van der Waals surface area (Å²) in [6, 6.07) is -2.79. The lowest BCUT2D eigenvalue weighted by Gasteiger charge is -2.26. The molecule has 1 saturated heterocycles. The van der Waals surface area contributed by atoms with Crippen LogP contribution >= 0.6 is 0 Å². The minimum Gasteiger partial charge on any atom is -0.469 e. The standard InChI is InChI=1S/C13H17F3N2O6/c1-23-9(19)6-7(11(21)24-2)17-10(20)8-4-3-5-18(8)12(22)13(14,15)16/h7-8H,3-6H2,1-2H3,(H,17,20)/t7-,8-/m0/s1. The number of nitrogens with one attached hydrogen (secondary N) is 1.